The molecule has 25 heavy (non-hydrogen) atoms. The van der Waals surface area contributed by atoms with Crippen molar-refractivity contribution in [1.82, 2.24) is 19.4 Å². The van der Waals surface area contributed by atoms with Crippen molar-refractivity contribution >= 4 is 42.1 Å². The van der Waals surface area contributed by atoms with E-state index in [9.17, 15) is 21.6 Å². The molecular weight excluding hydrogens is 388 g/mol. The topological polar surface area (TPSA) is 127 Å². The largest absolute Gasteiger partial charge is 0.350 e. The van der Waals surface area contributed by atoms with E-state index < -0.39 is 37.9 Å². The Morgan fingerprint density at radius 1 is 1.40 bits per heavy atom. The number of nitrogens with zero attached hydrogens (tertiary/aromatic N) is 2. The molecule has 0 aromatic carbocycles. The molecule has 138 valence electrons. The van der Waals surface area contributed by atoms with Crippen molar-refractivity contribution in [1.29, 1.82) is 0 Å². The monoisotopic (exact) mass is 406 g/mol. The van der Waals surface area contributed by atoms with E-state index in [0.29, 0.717) is 5.69 Å². The number of nitrogens with one attached hydrogen (secondary N) is 2. The zero-order valence-corrected chi connectivity index (χ0v) is 15.8. The second kappa shape index (κ2) is 6.67. The lowest BCUT2D eigenvalue weighted by molar-refractivity contribution is -0.121. The number of hydrogen-bond donors (Lipinski definition) is 2. The van der Waals surface area contributed by atoms with E-state index in [0.717, 1.165) is 4.96 Å². The normalized spacial score (nSPS) is 23.1. The average Bonchev–Trinajstić information content (AvgIpc) is 3.12. The van der Waals surface area contributed by atoms with Crippen molar-refractivity contribution in [3.8, 4) is 0 Å². The third kappa shape index (κ3) is 4.37. The summed E-state index contributed by atoms with van der Waals surface area (Å²) in [6, 6.07) is -1.65. The van der Waals surface area contributed by atoms with Crippen molar-refractivity contribution in [2.75, 3.05) is 17.3 Å². The quantitative estimate of drug-likeness (QED) is 0.644. The van der Waals surface area contributed by atoms with Gasteiger partial charge in [-0.15, -0.1) is 11.3 Å². The zero-order chi connectivity index (χ0) is 18.2. The number of hydrogen-bond acceptors (Lipinski definition) is 7. The van der Waals surface area contributed by atoms with Crippen LogP contribution < -0.4 is 10.0 Å². The van der Waals surface area contributed by atoms with Gasteiger partial charge in [0.1, 0.15) is 0 Å². The summed E-state index contributed by atoms with van der Waals surface area (Å²) in [7, 11) is -6.99. The van der Waals surface area contributed by atoms with Crippen LogP contribution in [0.25, 0.3) is 4.96 Å². The molecule has 0 unspecified atom stereocenters. The number of imidazole rings is 1. The van der Waals surface area contributed by atoms with E-state index in [1.807, 2.05) is 11.6 Å². The number of thiazole rings is 1. The van der Waals surface area contributed by atoms with Crippen LogP contribution in [-0.4, -0.2) is 61.5 Å². The summed E-state index contributed by atoms with van der Waals surface area (Å²) in [5.41, 5.74) is 0.566. The van der Waals surface area contributed by atoms with Crippen molar-refractivity contribution in [3.05, 3.63) is 23.5 Å². The maximum atomic E-state index is 12.2. The van der Waals surface area contributed by atoms with Crippen LogP contribution in [0, 0.1) is 0 Å². The van der Waals surface area contributed by atoms with Gasteiger partial charge in [0.25, 0.3) is 0 Å². The SMILES string of the molecule is CCS(=O)(=O)N[C@H]1CS(=O)(=O)C[C@H]1NC(=O)Cc1cn2ccsc2n1. The van der Waals surface area contributed by atoms with Crippen molar-refractivity contribution in [3.63, 3.8) is 0 Å². The third-order valence-electron chi connectivity index (χ3n) is 3.89. The highest BCUT2D eigenvalue weighted by atomic mass is 32.2. The van der Waals surface area contributed by atoms with Gasteiger partial charge >= 0.3 is 0 Å². The summed E-state index contributed by atoms with van der Waals surface area (Å²) >= 11 is 1.44. The molecule has 1 saturated heterocycles. The Morgan fingerprint density at radius 2 is 2.12 bits per heavy atom. The molecule has 1 fully saturated rings. The third-order valence-corrected chi connectivity index (χ3v) is 7.82. The Balaban J connectivity index is 1.68. The number of aromatic nitrogens is 2. The molecule has 0 aliphatic carbocycles. The van der Waals surface area contributed by atoms with Crippen molar-refractivity contribution in [2.45, 2.75) is 25.4 Å². The molecular formula is C13H18N4O5S3. The average molecular weight is 407 g/mol. The molecule has 0 spiro atoms. The Labute approximate surface area is 149 Å². The van der Waals surface area contributed by atoms with E-state index in [1.54, 1.807) is 10.6 Å². The molecule has 1 aliphatic heterocycles. The number of carbonyl (C=O) groups is 1. The van der Waals surface area contributed by atoms with Crippen LogP contribution in [-0.2, 0) is 31.1 Å². The lowest BCUT2D eigenvalue weighted by atomic mass is 10.2. The second-order valence-corrected chi connectivity index (χ2v) is 10.9. The van der Waals surface area contributed by atoms with Gasteiger partial charge < -0.3 is 5.32 Å². The predicted molar refractivity (Wildman–Crippen MR) is 93.7 cm³/mol. The van der Waals surface area contributed by atoms with E-state index in [-0.39, 0.29) is 23.7 Å². The zero-order valence-electron chi connectivity index (χ0n) is 13.4. The highest BCUT2D eigenvalue weighted by Gasteiger charge is 2.40. The fourth-order valence-electron chi connectivity index (χ4n) is 2.70. The Kier molecular flexibility index (Phi) is 4.88. The lowest BCUT2D eigenvalue weighted by Crippen LogP contribution is -2.51. The van der Waals surface area contributed by atoms with Crippen LogP contribution >= 0.6 is 11.3 Å². The van der Waals surface area contributed by atoms with E-state index >= 15 is 0 Å². The lowest BCUT2D eigenvalue weighted by Gasteiger charge is -2.20. The molecule has 2 aromatic rings. The number of sulfone groups is 1. The Morgan fingerprint density at radius 3 is 2.80 bits per heavy atom. The van der Waals surface area contributed by atoms with Gasteiger partial charge in [-0.3, -0.25) is 9.20 Å². The summed E-state index contributed by atoms with van der Waals surface area (Å²) in [6.45, 7) is 1.46. The number of amides is 1. The number of fused-ring (bicyclic) bond motifs is 1. The summed E-state index contributed by atoms with van der Waals surface area (Å²) in [5, 5.41) is 4.50. The fourth-order valence-corrected chi connectivity index (χ4v) is 6.27. The smallest absolute Gasteiger partial charge is 0.226 e. The highest BCUT2D eigenvalue weighted by molar-refractivity contribution is 7.92. The van der Waals surface area contributed by atoms with Crippen LogP contribution in [0.1, 0.15) is 12.6 Å². The molecule has 2 N–H and O–H groups in total. The first-order chi connectivity index (χ1) is 11.7. The molecule has 3 heterocycles. The van der Waals surface area contributed by atoms with E-state index in [4.69, 9.17) is 0 Å². The molecule has 2 atom stereocenters. The molecule has 2 aromatic heterocycles. The van der Waals surface area contributed by atoms with Gasteiger partial charge in [-0.05, 0) is 6.92 Å². The fraction of sp³-hybridized carbons (Fsp3) is 0.538. The number of sulfonamides is 1. The van der Waals surface area contributed by atoms with E-state index in [2.05, 4.69) is 15.0 Å². The predicted octanol–water partition coefficient (Wildman–Crippen LogP) is -0.841. The molecule has 0 saturated carbocycles. The van der Waals surface area contributed by atoms with Crippen LogP contribution in [0.15, 0.2) is 17.8 Å². The van der Waals surface area contributed by atoms with Crippen LogP contribution in [0.5, 0.6) is 0 Å². The number of rotatable bonds is 6. The first-order valence-electron chi connectivity index (χ1n) is 7.58. The molecule has 12 heteroatoms. The summed E-state index contributed by atoms with van der Waals surface area (Å²) in [6.07, 6.45) is 3.56. The van der Waals surface area contributed by atoms with Crippen LogP contribution in [0.4, 0.5) is 0 Å². The molecule has 1 aliphatic rings. The van der Waals surface area contributed by atoms with Gasteiger partial charge in [0, 0.05) is 17.8 Å². The van der Waals surface area contributed by atoms with Gasteiger partial charge in [-0.2, -0.15) is 0 Å². The molecule has 0 bridgehead atoms. The molecule has 0 radical (unpaired) electrons. The van der Waals surface area contributed by atoms with E-state index in [1.165, 1.54) is 18.3 Å². The number of carbonyl (C=O) groups excluding carboxylic acids is 1. The van der Waals surface area contributed by atoms with Crippen LogP contribution in [0.2, 0.25) is 0 Å². The van der Waals surface area contributed by atoms with Gasteiger partial charge in [0.2, 0.25) is 15.9 Å². The molecule has 9 nitrogen and oxygen atoms in total. The molecule has 3 rings (SSSR count). The summed E-state index contributed by atoms with van der Waals surface area (Å²) in [5.74, 6) is -1.16. The second-order valence-electron chi connectivity index (χ2n) is 5.88. The Hall–Kier alpha value is -1.50. The minimum atomic E-state index is -3.57. The van der Waals surface area contributed by atoms with Gasteiger partial charge in [-0.25, -0.2) is 26.5 Å². The van der Waals surface area contributed by atoms with Crippen molar-refractivity contribution in [2.24, 2.45) is 0 Å². The summed E-state index contributed by atoms with van der Waals surface area (Å²) < 4.78 is 51.3. The minimum Gasteiger partial charge on any atom is -0.350 e. The maximum Gasteiger partial charge on any atom is 0.226 e. The first-order valence-corrected chi connectivity index (χ1v) is 11.9. The molecule has 1 amide bonds. The minimum absolute atomic E-state index is 0.00179. The standard InChI is InChI=1S/C13H18N4O5S3/c1-2-25(21,22)16-11-8-24(19,20)7-10(11)15-12(18)5-9-6-17-3-4-23-13(17)14-9/h3-4,6,10-11,16H,2,5,7-8H2,1H3,(H,15,18)/t10-,11+/m1/s1. The first kappa shape index (κ1) is 18.3. The van der Waals surface area contributed by atoms with Crippen molar-refractivity contribution < 1.29 is 21.6 Å². The maximum absolute atomic E-state index is 12.2. The summed E-state index contributed by atoms with van der Waals surface area (Å²) in [4.78, 5) is 17.3. The van der Waals surface area contributed by atoms with Gasteiger partial charge in [0.15, 0.2) is 14.8 Å². The van der Waals surface area contributed by atoms with Crippen LogP contribution in [0.3, 0.4) is 0 Å². The van der Waals surface area contributed by atoms with Gasteiger partial charge in [0.05, 0.1) is 41.5 Å². The Bertz CT molecular complexity index is 963. The van der Waals surface area contributed by atoms with Gasteiger partial charge in [-0.1, -0.05) is 0 Å². The highest BCUT2D eigenvalue weighted by Crippen LogP contribution is 2.15.